The summed E-state index contributed by atoms with van der Waals surface area (Å²) in [6.45, 7) is 0. The Hall–Kier alpha value is -1.68. The number of halogens is 2. The van der Waals surface area contributed by atoms with Gasteiger partial charge in [0.25, 0.3) is 10.0 Å². The van der Waals surface area contributed by atoms with E-state index in [4.69, 9.17) is 4.74 Å². The number of hydrogen-bond donors (Lipinski definition) is 1. The minimum absolute atomic E-state index is 0.0693. The highest BCUT2D eigenvalue weighted by Crippen LogP contribution is 2.28. The Morgan fingerprint density at radius 2 is 2.15 bits per heavy atom. The summed E-state index contributed by atoms with van der Waals surface area (Å²) in [6.07, 6.45) is 0. The number of methoxy groups -OCH3 is 1. The number of sulfonamides is 1. The van der Waals surface area contributed by atoms with Gasteiger partial charge in [0, 0.05) is 13.1 Å². The second-order valence-corrected chi connectivity index (χ2v) is 6.11. The van der Waals surface area contributed by atoms with Crippen LogP contribution in [0.15, 0.2) is 27.8 Å². The van der Waals surface area contributed by atoms with Gasteiger partial charge in [0.2, 0.25) is 5.03 Å². The summed E-state index contributed by atoms with van der Waals surface area (Å²) >= 11 is 3.01. The van der Waals surface area contributed by atoms with Gasteiger partial charge in [0.1, 0.15) is 11.6 Å². The lowest BCUT2D eigenvalue weighted by Crippen LogP contribution is -2.17. The normalized spacial score (nSPS) is 11.4. The van der Waals surface area contributed by atoms with E-state index in [1.807, 2.05) is 0 Å². The predicted octanol–water partition coefficient (Wildman–Crippen LogP) is 1.53. The Balaban J connectivity index is 2.44. The average Bonchev–Trinajstić information content (AvgIpc) is 2.71. The standard InChI is InChI=1S/C10H10BrFN4O3S/c1-16-10(9(11)13-15-16)20(17,18)14-7-4-3-6(12)5-8(7)19-2/h3-5,14H,1-2H3. The van der Waals surface area contributed by atoms with E-state index in [9.17, 15) is 12.8 Å². The Labute approximate surface area is 122 Å². The monoisotopic (exact) mass is 364 g/mol. The number of hydrogen-bond acceptors (Lipinski definition) is 5. The Morgan fingerprint density at radius 1 is 1.45 bits per heavy atom. The van der Waals surface area contributed by atoms with Crippen molar-refractivity contribution in [3.8, 4) is 5.75 Å². The van der Waals surface area contributed by atoms with Crippen LogP contribution in [0.1, 0.15) is 0 Å². The molecular weight excluding hydrogens is 355 g/mol. The van der Waals surface area contributed by atoms with Gasteiger partial charge in [-0.25, -0.2) is 9.07 Å². The SMILES string of the molecule is COc1cc(F)ccc1NS(=O)(=O)c1c(Br)nnn1C. The molecule has 1 heterocycles. The van der Waals surface area contributed by atoms with E-state index in [0.717, 1.165) is 16.8 Å². The van der Waals surface area contributed by atoms with Gasteiger partial charge in [-0.2, -0.15) is 8.42 Å². The topological polar surface area (TPSA) is 86.1 Å². The molecule has 0 aliphatic carbocycles. The largest absolute Gasteiger partial charge is 0.494 e. The van der Waals surface area contributed by atoms with Gasteiger partial charge in [-0.15, -0.1) is 5.10 Å². The van der Waals surface area contributed by atoms with Crippen molar-refractivity contribution in [2.75, 3.05) is 11.8 Å². The first-order valence-corrected chi connectivity index (χ1v) is 7.54. The number of rotatable bonds is 4. The van der Waals surface area contributed by atoms with E-state index in [-0.39, 0.29) is 21.1 Å². The van der Waals surface area contributed by atoms with Crippen LogP contribution in [0.2, 0.25) is 0 Å². The number of nitrogens with one attached hydrogen (secondary N) is 1. The summed E-state index contributed by atoms with van der Waals surface area (Å²) < 4.78 is 46.0. The van der Waals surface area contributed by atoms with E-state index in [1.165, 1.54) is 20.2 Å². The van der Waals surface area contributed by atoms with Crippen LogP contribution < -0.4 is 9.46 Å². The number of benzene rings is 1. The summed E-state index contributed by atoms with van der Waals surface area (Å²) in [5, 5.41) is 7.04. The van der Waals surface area contributed by atoms with E-state index >= 15 is 0 Å². The zero-order chi connectivity index (χ0) is 14.9. The molecule has 0 saturated carbocycles. The zero-order valence-corrected chi connectivity index (χ0v) is 12.9. The maximum atomic E-state index is 13.1. The molecule has 0 radical (unpaired) electrons. The Kier molecular flexibility index (Phi) is 3.95. The van der Waals surface area contributed by atoms with Crippen LogP contribution in [0.25, 0.3) is 0 Å². The zero-order valence-electron chi connectivity index (χ0n) is 10.5. The van der Waals surface area contributed by atoms with Gasteiger partial charge in [0.15, 0.2) is 4.60 Å². The third-order valence-electron chi connectivity index (χ3n) is 2.40. The molecule has 0 unspecified atom stereocenters. The van der Waals surface area contributed by atoms with Crippen LogP contribution in [0.4, 0.5) is 10.1 Å². The van der Waals surface area contributed by atoms with Crippen molar-refractivity contribution in [1.82, 2.24) is 15.0 Å². The van der Waals surface area contributed by atoms with Crippen molar-refractivity contribution in [3.05, 3.63) is 28.6 Å². The summed E-state index contributed by atoms with van der Waals surface area (Å²) in [6, 6.07) is 3.47. The maximum Gasteiger partial charge on any atom is 0.282 e. The number of aryl methyl sites for hydroxylation is 1. The first-order valence-electron chi connectivity index (χ1n) is 5.26. The number of ether oxygens (including phenoxy) is 1. The van der Waals surface area contributed by atoms with Crippen LogP contribution in [-0.4, -0.2) is 30.5 Å². The molecule has 0 amide bonds. The van der Waals surface area contributed by atoms with E-state index in [1.54, 1.807) is 0 Å². The van der Waals surface area contributed by atoms with Crippen LogP contribution in [0.3, 0.4) is 0 Å². The molecule has 0 atom stereocenters. The lowest BCUT2D eigenvalue weighted by Gasteiger charge is -2.11. The van der Waals surface area contributed by atoms with E-state index in [2.05, 4.69) is 31.0 Å². The van der Waals surface area contributed by atoms with Crippen LogP contribution in [0.5, 0.6) is 5.75 Å². The molecule has 1 aromatic carbocycles. The van der Waals surface area contributed by atoms with Gasteiger partial charge >= 0.3 is 0 Å². The summed E-state index contributed by atoms with van der Waals surface area (Å²) in [5.41, 5.74) is 0.113. The first kappa shape index (κ1) is 14.7. The van der Waals surface area contributed by atoms with Gasteiger partial charge in [-0.05, 0) is 28.1 Å². The Bertz CT molecular complexity index is 727. The molecular formula is C10H10BrFN4O3S. The molecule has 0 aliphatic heterocycles. The van der Waals surface area contributed by atoms with Gasteiger partial charge in [-0.1, -0.05) is 5.21 Å². The predicted molar refractivity (Wildman–Crippen MR) is 72.5 cm³/mol. The highest BCUT2D eigenvalue weighted by Gasteiger charge is 2.25. The smallest absolute Gasteiger partial charge is 0.282 e. The fraction of sp³-hybridized carbons (Fsp3) is 0.200. The third-order valence-corrected chi connectivity index (χ3v) is 4.65. The maximum absolute atomic E-state index is 13.1. The Morgan fingerprint density at radius 3 is 2.70 bits per heavy atom. The van der Waals surface area contributed by atoms with Crippen molar-refractivity contribution >= 4 is 31.6 Å². The molecule has 0 spiro atoms. The summed E-state index contributed by atoms with van der Waals surface area (Å²) in [5.74, 6) is -0.465. The van der Waals surface area contributed by atoms with Crippen molar-refractivity contribution < 1.29 is 17.5 Å². The minimum atomic E-state index is -3.94. The van der Waals surface area contributed by atoms with E-state index < -0.39 is 15.8 Å². The molecule has 0 saturated heterocycles. The lowest BCUT2D eigenvalue weighted by atomic mass is 10.3. The quantitative estimate of drug-likeness (QED) is 0.888. The van der Waals surface area contributed by atoms with E-state index in [0.29, 0.717) is 0 Å². The highest BCUT2D eigenvalue weighted by molar-refractivity contribution is 9.10. The molecule has 2 rings (SSSR count). The minimum Gasteiger partial charge on any atom is -0.494 e. The second kappa shape index (κ2) is 5.37. The number of aromatic nitrogens is 3. The molecule has 7 nitrogen and oxygen atoms in total. The summed E-state index contributed by atoms with van der Waals surface area (Å²) in [4.78, 5) is 0. The van der Waals surface area contributed by atoms with Crippen LogP contribution >= 0.6 is 15.9 Å². The summed E-state index contributed by atoms with van der Waals surface area (Å²) in [7, 11) is -1.19. The van der Waals surface area contributed by atoms with Crippen molar-refractivity contribution in [2.24, 2.45) is 7.05 Å². The molecule has 20 heavy (non-hydrogen) atoms. The molecule has 10 heteroatoms. The molecule has 2 aromatic rings. The highest BCUT2D eigenvalue weighted by atomic mass is 79.9. The molecule has 0 aliphatic rings. The second-order valence-electron chi connectivity index (χ2n) is 3.76. The van der Waals surface area contributed by atoms with Gasteiger partial charge < -0.3 is 4.74 Å². The van der Waals surface area contributed by atoms with Crippen LogP contribution in [-0.2, 0) is 17.1 Å². The number of anilines is 1. The van der Waals surface area contributed by atoms with Crippen LogP contribution in [0, 0.1) is 5.82 Å². The van der Waals surface area contributed by atoms with Gasteiger partial charge in [-0.3, -0.25) is 4.72 Å². The van der Waals surface area contributed by atoms with Crippen molar-refractivity contribution in [1.29, 1.82) is 0 Å². The average molecular weight is 365 g/mol. The first-order chi connectivity index (χ1) is 9.35. The fourth-order valence-electron chi connectivity index (χ4n) is 1.55. The molecule has 0 bridgehead atoms. The molecule has 0 fully saturated rings. The van der Waals surface area contributed by atoms with Crippen molar-refractivity contribution in [2.45, 2.75) is 5.03 Å². The molecule has 108 valence electrons. The molecule has 1 N–H and O–H groups in total. The fourth-order valence-corrected chi connectivity index (χ4v) is 3.72. The molecule has 1 aromatic heterocycles. The van der Waals surface area contributed by atoms with Gasteiger partial charge in [0.05, 0.1) is 12.8 Å². The van der Waals surface area contributed by atoms with Crippen molar-refractivity contribution in [3.63, 3.8) is 0 Å². The lowest BCUT2D eigenvalue weighted by molar-refractivity contribution is 0.413. The third kappa shape index (κ3) is 2.75. The number of nitrogens with zero attached hydrogens (tertiary/aromatic N) is 3.